The summed E-state index contributed by atoms with van der Waals surface area (Å²) < 4.78 is 9.51. The number of halogens is 1. The van der Waals surface area contributed by atoms with E-state index in [-0.39, 0.29) is 18.1 Å². The highest BCUT2D eigenvalue weighted by Crippen LogP contribution is 2.23. The van der Waals surface area contributed by atoms with Crippen LogP contribution in [0.2, 0.25) is 0 Å². The number of fused-ring (bicyclic) bond motifs is 1. The van der Waals surface area contributed by atoms with Gasteiger partial charge in [-0.05, 0) is 68.8 Å². The molecule has 0 radical (unpaired) electrons. The fourth-order valence-corrected chi connectivity index (χ4v) is 4.41. The molecule has 8 nitrogen and oxygen atoms in total. The number of aromatic nitrogens is 3. The van der Waals surface area contributed by atoms with Gasteiger partial charge in [0.2, 0.25) is 0 Å². The first-order valence-corrected chi connectivity index (χ1v) is 12.4. The summed E-state index contributed by atoms with van der Waals surface area (Å²) >= 11 is 3.44. The van der Waals surface area contributed by atoms with Gasteiger partial charge < -0.3 is 14.4 Å². The molecule has 0 amide bonds. The Labute approximate surface area is 217 Å². The fraction of sp³-hybridized carbons (Fsp3) is 0.259. The second kappa shape index (κ2) is 10.5. The van der Waals surface area contributed by atoms with E-state index in [1.807, 2.05) is 51.1 Å². The number of ether oxygens (including phenoxy) is 1. The van der Waals surface area contributed by atoms with Gasteiger partial charge in [-0.15, -0.1) is 0 Å². The number of aryl methyl sites for hydroxylation is 1. The van der Waals surface area contributed by atoms with E-state index in [9.17, 15) is 9.59 Å². The van der Waals surface area contributed by atoms with Crippen LogP contribution in [0, 0.1) is 13.8 Å². The third-order valence-corrected chi connectivity index (χ3v) is 6.62. The van der Waals surface area contributed by atoms with Gasteiger partial charge in [-0.1, -0.05) is 29.8 Å². The van der Waals surface area contributed by atoms with Crippen molar-refractivity contribution in [2.24, 2.45) is 5.10 Å². The van der Waals surface area contributed by atoms with Crippen molar-refractivity contribution in [3.05, 3.63) is 86.1 Å². The smallest absolute Gasteiger partial charge is 0.341 e. The predicted octanol–water partition coefficient (Wildman–Crippen LogP) is 5.43. The Bertz CT molecular complexity index is 1520. The van der Waals surface area contributed by atoms with Crippen LogP contribution in [0.1, 0.15) is 49.0 Å². The summed E-state index contributed by atoms with van der Waals surface area (Å²) in [5, 5.41) is 13.9. The van der Waals surface area contributed by atoms with E-state index in [0.29, 0.717) is 22.5 Å². The van der Waals surface area contributed by atoms with Crippen LogP contribution >= 0.6 is 15.9 Å². The fourth-order valence-electron chi connectivity index (χ4n) is 4.05. The number of rotatable bonds is 8. The lowest BCUT2D eigenvalue weighted by molar-refractivity contribution is -0.139. The van der Waals surface area contributed by atoms with Gasteiger partial charge in [0.15, 0.2) is 6.61 Å². The van der Waals surface area contributed by atoms with E-state index < -0.39 is 5.97 Å². The number of hydrogen-bond donors (Lipinski definition) is 1. The third-order valence-electron chi connectivity index (χ3n) is 6.13. The lowest BCUT2D eigenvalue weighted by atomic mass is 10.1. The molecular weight excluding hydrogens is 524 g/mol. The minimum absolute atomic E-state index is 0.0530. The first kappa shape index (κ1) is 25.4. The topological polar surface area (TPSA) is 98.7 Å². The van der Waals surface area contributed by atoms with Crippen LogP contribution in [0.4, 0.5) is 0 Å². The summed E-state index contributed by atoms with van der Waals surface area (Å²) in [6.07, 6.45) is 2.52. The Balaban J connectivity index is 1.73. The summed E-state index contributed by atoms with van der Waals surface area (Å²) in [7, 11) is 0. The number of carbonyl (C=O) groups is 1. The molecular formula is C27H27BrN4O4. The number of aliphatic carboxylic acids is 1. The van der Waals surface area contributed by atoms with Crippen LogP contribution in [0.5, 0.6) is 5.75 Å². The van der Waals surface area contributed by atoms with Crippen molar-refractivity contribution in [3.8, 4) is 11.4 Å². The van der Waals surface area contributed by atoms with Crippen molar-refractivity contribution in [1.29, 1.82) is 0 Å². The van der Waals surface area contributed by atoms with Crippen molar-refractivity contribution in [2.75, 3.05) is 6.61 Å². The lowest BCUT2D eigenvalue weighted by Crippen LogP contribution is -2.23. The molecule has 0 spiro atoms. The molecule has 0 aliphatic heterocycles. The van der Waals surface area contributed by atoms with Crippen molar-refractivity contribution >= 4 is 39.0 Å². The molecule has 0 fully saturated rings. The molecule has 0 unspecified atom stereocenters. The minimum Gasteiger partial charge on any atom is -0.482 e. The van der Waals surface area contributed by atoms with Crippen LogP contribution in [-0.4, -0.2) is 38.1 Å². The number of hydrogen-bond acceptors (Lipinski definition) is 5. The van der Waals surface area contributed by atoms with E-state index in [0.717, 1.165) is 33.5 Å². The Morgan fingerprint density at radius 1 is 1.19 bits per heavy atom. The molecule has 4 aromatic rings. The van der Waals surface area contributed by atoms with Crippen LogP contribution < -0.4 is 10.3 Å². The Hall–Kier alpha value is -3.72. The van der Waals surface area contributed by atoms with Gasteiger partial charge in [-0.3, -0.25) is 4.79 Å². The van der Waals surface area contributed by atoms with Gasteiger partial charge >= 0.3 is 5.97 Å². The monoisotopic (exact) mass is 550 g/mol. The Kier molecular flexibility index (Phi) is 7.40. The number of carboxylic acid groups (broad SMARTS) is 1. The minimum atomic E-state index is -1.02. The second-order valence-corrected chi connectivity index (χ2v) is 9.56. The highest BCUT2D eigenvalue weighted by Gasteiger charge is 2.16. The van der Waals surface area contributed by atoms with Gasteiger partial charge in [0, 0.05) is 33.0 Å². The van der Waals surface area contributed by atoms with Crippen LogP contribution in [0.25, 0.3) is 16.6 Å². The standard InChI is InChI=1S/C27H27BrN4O4/c1-5-16(2)26-30-24-11-6-20(28)13-23(24)27(35)32(26)29-14-19-12-17(3)31(18(19)4)21-7-9-22(10-8-21)36-15-25(33)34/h6-14,16H,5,15H2,1-4H3,(H,33,34)/t16-/m0/s1. The molecule has 1 atom stereocenters. The zero-order valence-corrected chi connectivity index (χ0v) is 22.1. The summed E-state index contributed by atoms with van der Waals surface area (Å²) in [6, 6.07) is 14.7. The van der Waals surface area contributed by atoms with E-state index in [2.05, 4.69) is 32.5 Å². The highest BCUT2D eigenvalue weighted by molar-refractivity contribution is 9.10. The van der Waals surface area contributed by atoms with Crippen molar-refractivity contribution in [2.45, 2.75) is 40.0 Å². The summed E-state index contributed by atoms with van der Waals surface area (Å²) in [6.45, 7) is 7.68. The van der Waals surface area contributed by atoms with Crippen LogP contribution in [0.3, 0.4) is 0 Å². The quantitative estimate of drug-likeness (QED) is 0.295. The van der Waals surface area contributed by atoms with Gasteiger partial charge in [0.25, 0.3) is 5.56 Å². The summed E-state index contributed by atoms with van der Waals surface area (Å²) in [4.78, 5) is 28.9. The summed E-state index contributed by atoms with van der Waals surface area (Å²) in [5.41, 5.74) is 4.16. The average Bonchev–Trinajstić information content (AvgIpc) is 3.14. The van der Waals surface area contributed by atoms with Gasteiger partial charge in [-0.2, -0.15) is 9.78 Å². The zero-order chi connectivity index (χ0) is 26.0. The summed E-state index contributed by atoms with van der Waals surface area (Å²) in [5.74, 6) is 0.138. The zero-order valence-electron chi connectivity index (χ0n) is 20.5. The largest absolute Gasteiger partial charge is 0.482 e. The van der Waals surface area contributed by atoms with Crippen molar-refractivity contribution < 1.29 is 14.6 Å². The second-order valence-electron chi connectivity index (χ2n) is 8.64. The first-order chi connectivity index (χ1) is 17.2. The molecule has 36 heavy (non-hydrogen) atoms. The molecule has 4 rings (SSSR count). The number of benzene rings is 2. The molecule has 1 N–H and O–H groups in total. The van der Waals surface area contributed by atoms with Crippen molar-refractivity contribution in [1.82, 2.24) is 14.2 Å². The molecule has 2 aromatic heterocycles. The van der Waals surface area contributed by atoms with Crippen LogP contribution in [-0.2, 0) is 4.79 Å². The van der Waals surface area contributed by atoms with Crippen LogP contribution in [0.15, 0.2) is 62.9 Å². The van der Waals surface area contributed by atoms with Gasteiger partial charge in [0.1, 0.15) is 11.6 Å². The van der Waals surface area contributed by atoms with E-state index >= 15 is 0 Å². The predicted molar refractivity (Wildman–Crippen MR) is 144 cm³/mol. The van der Waals surface area contributed by atoms with E-state index in [1.54, 1.807) is 24.4 Å². The van der Waals surface area contributed by atoms with Gasteiger partial charge in [-0.25, -0.2) is 9.78 Å². The molecule has 2 heterocycles. The SMILES string of the molecule is CC[C@H](C)c1nc2ccc(Br)cc2c(=O)n1N=Cc1cc(C)n(-c2ccc(OCC(=O)O)cc2)c1C. The molecule has 0 saturated carbocycles. The normalized spacial score (nSPS) is 12.4. The first-order valence-electron chi connectivity index (χ1n) is 11.6. The molecule has 0 aliphatic rings. The maximum Gasteiger partial charge on any atom is 0.341 e. The van der Waals surface area contributed by atoms with E-state index in [1.165, 1.54) is 4.68 Å². The molecule has 186 valence electrons. The molecule has 2 aromatic carbocycles. The molecule has 9 heteroatoms. The molecule has 0 saturated heterocycles. The van der Waals surface area contributed by atoms with E-state index in [4.69, 9.17) is 14.8 Å². The maximum atomic E-state index is 13.4. The Morgan fingerprint density at radius 3 is 2.58 bits per heavy atom. The molecule has 0 bridgehead atoms. The highest BCUT2D eigenvalue weighted by atomic mass is 79.9. The van der Waals surface area contributed by atoms with Crippen molar-refractivity contribution in [3.63, 3.8) is 0 Å². The van der Waals surface area contributed by atoms with Gasteiger partial charge in [0.05, 0.1) is 17.1 Å². The average molecular weight is 551 g/mol. The Morgan fingerprint density at radius 2 is 1.92 bits per heavy atom. The maximum absolute atomic E-state index is 13.4. The lowest BCUT2D eigenvalue weighted by Gasteiger charge is -2.14. The number of nitrogens with zero attached hydrogens (tertiary/aromatic N) is 4. The molecule has 0 aliphatic carbocycles. The third kappa shape index (κ3) is 5.11. The number of carboxylic acids is 1.